The zero-order chi connectivity index (χ0) is 14.7. The van der Waals surface area contributed by atoms with E-state index < -0.39 is 0 Å². The van der Waals surface area contributed by atoms with Gasteiger partial charge in [-0.15, -0.1) is 0 Å². The number of H-pyrrole nitrogens is 1. The fourth-order valence-electron chi connectivity index (χ4n) is 2.19. The summed E-state index contributed by atoms with van der Waals surface area (Å²) in [5.74, 6) is 0.788. The highest BCUT2D eigenvalue weighted by Gasteiger charge is 2.09. The molecule has 0 fully saturated rings. The molecule has 0 radical (unpaired) electrons. The highest BCUT2D eigenvalue weighted by molar-refractivity contribution is 5.93. The van der Waals surface area contributed by atoms with Gasteiger partial charge in [-0.05, 0) is 24.3 Å². The van der Waals surface area contributed by atoms with Crippen molar-refractivity contribution >= 4 is 22.5 Å². The number of fused-ring (bicyclic) bond motifs is 1. The van der Waals surface area contributed by atoms with Crippen LogP contribution in [0.2, 0.25) is 0 Å². The molecule has 0 aromatic carbocycles. The van der Waals surface area contributed by atoms with E-state index in [9.17, 15) is 0 Å². The number of aromatic amines is 1. The highest BCUT2D eigenvalue weighted by Crippen LogP contribution is 2.28. The molecule has 0 aliphatic heterocycles. The largest absolute Gasteiger partial charge is 0.397 e. The molecule has 0 saturated heterocycles. The van der Waals surface area contributed by atoms with Crippen molar-refractivity contribution in [1.29, 1.82) is 0 Å². The average molecular weight is 283 g/mol. The van der Waals surface area contributed by atoms with Gasteiger partial charge in [-0.1, -0.05) is 0 Å². The van der Waals surface area contributed by atoms with Gasteiger partial charge in [0.05, 0.1) is 24.2 Å². The molecule has 3 aromatic rings. The van der Waals surface area contributed by atoms with Crippen molar-refractivity contribution in [2.75, 3.05) is 31.3 Å². The van der Waals surface area contributed by atoms with Crippen LogP contribution in [0.15, 0.2) is 36.7 Å². The van der Waals surface area contributed by atoms with Crippen molar-refractivity contribution in [2.24, 2.45) is 0 Å². The van der Waals surface area contributed by atoms with Crippen LogP contribution < -0.4 is 11.1 Å². The predicted octanol–water partition coefficient (Wildman–Crippen LogP) is 2.27. The lowest BCUT2D eigenvalue weighted by Gasteiger charge is -2.09. The van der Waals surface area contributed by atoms with Crippen molar-refractivity contribution in [3.8, 4) is 11.3 Å². The molecule has 0 unspecified atom stereocenters. The summed E-state index contributed by atoms with van der Waals surface area (Å²) in [5, 5.41) is 4.27. The summed E-state index contributed by atoms with van der Waals surface area (Å²) in [4.78, 5) is 12.1. The van der Waals surface area contributed by atoms with Gasteiger partial charge in [0, 0.05) is 30.8 Å². The van der Waals surface area contributed by atoms with E-state index in [1.807, 2.05) is 30.5 Å². The molecule has 0 saturated carbocycles. The first-order valence-corrected chi connectivity index (χ1v) is 6.71. The summed E-state index contributed by atoms with van der Waals surface area (Å²) < 4.78 is 5.04. The van der Waals surface area contributed by atoms with Crippen LogP contribution in [0.4, 0.5) is 11.5 Å². The number of ether oxygens (including phenoxy) is 1. The van der Waals surface area contributed by atoms with Crippen LogP contribution in [0.25, 0.3) is 22.3 Å². The van der Waals surface area contributed by atoms with Crippen LogP contribution in [-0.2, 0) is 4.74 Å². The smallest absolute Gasteiger partial charge is 0.140 e. The number of hydrogen-bond acceptors (Lipinski definition) is 5. The second-order valence-corrected chi connectivity index (χ2v) is 4.69. The fraction of sp³-hybridized carbons (Fsp3) is 0.200. The number of rotatable bonds is 5. The Morgan fingerprint density at radius 3 is 3.00 bits per heavy atom. The minimum atomic E-state index is 0.625. The first kappa shape index (κ1) is 13.4. The van der Waals surface area contributed by atoms with Crippen LogP contribution in [0.1, 0.15) is 0 Å². The zero-order valence-corrected chi connectivity index (χ0v) is 11.8. The lowest BCUT2D eigenvalue weighted by Crippen LogP contribution is -2.09. The maximum Gasteiger partial charge on any atom is 0.140 e. The third kappa shape index (κ3) is 2.80. The Labute approximate surface area is 122 Å². The van der Waals surface area contributed by atoms with Crippen molar-refractivity contribution in [1.82, 2.24) is 15.0 Å². The number of nitrogen functional groups attached to an aromatic ring is 1. The normalized spacial score (nSPS) is 10.9. The maximum atomic E-state index is 5.70. The van der Waals surface area contributed by atoms with Gasteiger partial charge in [0.25, 0.3) is 0 Å². The number of nitrogens with zero attached hydrogens (tertiary/aromatic N) is 2. The van der Waals surface area contributed by atoms with E-state index in [1.54, 1.807) is 13.3 Å². The van der Waals surface area contributed by atoms with E-state index >= 15 is 0 Å². The lowest BCUT2D eigenvalue weighted by atomic mass is 10.1. The Morgan fingerprint density at radius 2 is 2.24 bits per heavy atom. The van der Waals surface area contributed by atoms with Crippen molar-refractivity contribution in [3.63, 3.8) is 0 Å². The lowest BCUT2D eigenvalue weighted by molar-refractivity contribution is 0.210. The molecule has 21 heavy (non-hydrogen) atoms. The van der Waals surface area contributed by atoms with Gasteiger partial charge in [-0.3, -0.25) is 4.98 Å². The summed E-state index contributed by atoms with van der Waals surface area (Å²) in [5.41, 5.74) is 9.06. The van der Waals surface area contributed by atoms with Crippen LogP contribution in [-0.4, -0.2) is 35.2 Å². The molecule has 0 aliphatic rings. The van der Waals surface area contributed by atoms with Gasteiger partial charge in [0.1, 0.15) is 11.5 Å². The van der Waals surface area contributed by atoms with Gasteiger partial charge >= 0.3 is 0 Å². The SMILES string of the molecule is COCCNc1cc(-c2ccc(N)cn2)c2cc[nH]c2n1. The minimum absolute atomic E-state index is 0.625. The molecule has 3 aromatic heterocycles. The van der Waals surface area contributed by atoms with E-state index in [1.165, 1.54) is 0 Å². The molecule has 3 heterocycles. The molecule has 6 nitrogen and oxygen atoms in total. The Morgan fingerprint density at radius 1 is 1.33 bits per heavy atom. The molecule has 108 valence electrons. The van der Waals surface area contributed by atoms with Crippen LogP contribution in [0.5, 0.6) is 0 Å². The van der Waals surface area contributed by atoms with E-state index in [2.05, 4.69) is 20.3 Å². The molecule has 0 bridgehead atoms. The maximum absolute atomic E-state index is 5.70. The highest BCUT2D eigenvalue weighted by atomic mass is 16.5. The van der Waals surface area contributed by atoms with E-state index in [0.717, 1.165) is 28.1 Å². The van der Waals surface area contributed by atoms with Crippen LogP contribution in [0, 0.1) is 0 Å². The minimum Gasteiger partial charge on any atom is -0.397 e. The standard InChI is InChI=1S/C15H17N5O/c1-21-7-6-17-14-8-12(11-4-5-18-15(11)20-14)13-3-2-10(16)9-19-13/h2-5,8-9H,6-7,16H2,1H3,(H2,17,18,20). The van der Waals surface area contributed by atoms with Crippen LogP contribution >= 0.6 is 0 Å². The molecule has 0 spiro atoms. The summed E-state index contributed by atoms with van der Waals surface area (Å²) in [6.45, 7) is 1.32. The third-order valence-electron chi connectivity index (χ3n) is 3.20. The average Bonchev–Trinajstić information content (AvgIpc) is 2.96. The van der Waals surface area contributed by atoms with Crippen molar-refractivity contribution in [3.05, 3.63) is 36.7 Å². The van der Waals surface area contributed by atoms with E-state index in [0.29, 0.717) is 18.8 Å². The molecule has 6 heteroatoms. The first-order chi connectivity index (χ1) is 10.3. The monoisotopic (exact) mass is 283 g/mol. The second-order valence-electron chi connectivity index (χ2n) is 4.69. The van der Waals surface area contributed by atoms with Gasteiger partial charge < -0.3 is 20.8 Å². The summed E-state index contributed by atoms with van der Waals surface area (Å²) in [7, 11) is 1.67. The second kappa shape index (κ2) is 5.80. The zero-order valence-electron chi connectivity index (χ0n) is 11.8. The molecule has 0 aliphatic carbocycles. The number of methoxy groups -OCH3 is 1. The molecule has 4 N–H and O–H groups in total. The number of nitrogens with two attached hydrogens (primary N) is 1. The Kier molecular flexibility index (Phi) is 3.70. The number of hydrogen-bond donors (Lipinski definition) is 3. The molecule has 0 amide bonds. The summed E-state index contributed by atoms with van der Waals surface area (Å²) in [6.07, 6.45) is 3.53. The molecule has 0 atom stereocenters. The number of pyridine rings is 2. The Bertz CT molecular complexity index is 735. The number of anilines is 2. The van der Waals surface area contributed by atoms with Crippen molar-refractivity contribution < 1.29 is 4.74 Å². The predicted molar refractivity (Wildman–Crippen MR) is 84.1 cm³/mol. The summed E-state index contributed by atoms with van der Waals surface area (Å²) in [6, 6.07) is 7.74. The molecule has 3 rings (SSSR count). The van der Waals surface area contributed by atoms with Gasteiger partial charge in [-0.25, -0.2) is 4.98 Å². The molecular formula is C15H17N5O. The first-order valence-electron chi connectivity index (χ1n) is 6.71. The van der Waals surface area contributed by atoms with Crippen LogP contribution in [0.3, 0.4) is 0 Å². The van der Waals surface area contributed by atoms with Gasteiger partial charge in [0.2, 0.25) is 0 Å². The van der Waals surface area contributed by atoms with E-state index in [4.69, 9.17) is 10.5 Å². The third-order valence-corrected chi connectivity index (χ3v) is 3.20. The molecular weight excluding hydrogens is 266 g/mol. The number of nitrogens with one attached hydrogen (secondary N) is 2. The quantitative estimate of drug-likeness (QED) is 0.625. The van der Waals surface area contributed by atoms with E-state index in [-0.39, 0.29) is 0 Å². The fourth-order valence-corrected chi connectivity index (χ4v) is 2.19. The topological polar surface area (TPSA) is 88.9 Å². The Hall–Kier alpha value is -2.60. The Balaban J connectivity index is 2.02. The number of aromatic nitrogens is 3. The van der Waals surface area contributed by atoms with Gasteiger partial charge in [-0.2, -0.15) is 0 Å². The van der Waals surface area contributed by atoms with Crippen molar-refractivity contribution in [2.45, 2.75) is 0 Å². The van der Waals surface area contributed by atoms with Gasteiger partial charge in [0.15, 0.2) is 0 Å². The summed E-state index contributed by atoms with van der Waals surface area (Å²) >= 11 is 0.